The van der Waals surface area contributed by atoms with Crippen LogP contribution in [0.2, 0.25) is 5.02 Å². The summed E-state index contributed by atoms with van der Waals surface area (Å²) in [6.07, 6.45) is 1.98. The molecular weight excluding hydrogens is 392 g/mol. The highest BCUT2D eigenvalue weighted by molar-refractivity contribution is 6.30. The zero-order valence-corrected chi connectivity index (χ0v) is 17.4. The largest absolute Gasteiger partial charge is 0.444 e. The summed E-state index contributed by atoms with van der Waals surface area (Å²) >= 11 is 6.00. The second-order valence-electron chi connectivity index (χ2n) is 8.18. The summed E-state index contributed by atoms with van der Waals surface area (Å²) in [4.78, 5) is 31.9. The molecule has 0 N–H and O–H groups in total. The van der Waals surface area contributed by atoms with Gasteiger partial charge in [0.25, 0.3) is 0 Å². The van der Waals surface area contributed by atoms with E-state index in [1.807, 2.05) is 39.0 Å². The second kappa shape index (κ2) is 7.22. The van der Waals surface area contributed by atoms with E-state index in [1.165, 1.54) is 0 Å². The SMILES string of the molecule is CC(C)(C)OC(=O)N1CCC(n2c(=O)n(-c3ccc(Cl)cc3)c3cccnc32)C1. The lowest BCUT2D eigenvalue weighted by atomic mass is 10.2. The van der Waals surface area contributed by atoms with E-state index in [4.69, 9.17) is 16.3 Å². The van der Waals surface area contributed by atoms with Crippen molar-refractivity contribution < 1.29 is 9.53 Å². The molecule has 4 rings (SSSR count). The van der Waals surface area contributed by atoms with Gasteiger partial charge >= 0.3 is 11.8 Å². The molecule has 8 heteroatoms. The first-order valence-corrected chi connectivity index (χ1v) is 9.94. The lowest BCUT2D eigenvalue weighted by Crippen LogP contribution is -2.36. The van der Waals surface area contributed by atoms with Crippen LogP contribution in [0.15, 0.2) is 47.4 Å². The molecule has 1 atom stereocenters. The van der Waals surface area contributed by atoms with Crippen LogP contribution < -0.4 is 5.69 Å². The maximum absolute atomic E-state index is 13.4. The fourth-order valence-electron chi connectivity index (χ4n) is 3.66. The molecule has 1 aliphatic rings. The van der Waals surface area contributed by atoms with Crippen LogP contribution in [0.1, 0.15) is 33.2 Å². The van der Waals surface area contributed by atoms with Crippen molar-refractivity contribution in [3.8, 4) is 5.69 Å². The Morgan fingerprint density at radius 1 is 1.21 bits per heavy atom. The fourth-order valence-corrected chi connectivity index (χ4v) is 3.79. The average Bonchev–Trinajstić information content (AvgIpc) is 3.23. The van der Waals surface area contributed by atoms with Gasteiger partial charge in [0.2, 0.25) is 0 Å². The average molecular weight is 415 g/mol. The van der Waals surface area contributed by atoms with E-state index in [1.54, 1.807) is 38.4 Å². The van der Waals surface area contributed by atoms with Gasteiger partial charge in [-0.05, 0) is 63.6 Å². The monoisotopic (exact) mass is 414 g/mol. The van der Waals surface area contributed by atoms with Crippen LogP contribution in [0.25, 0.3) is 16.9 Å². The minimum atomic E-state index is -0.557. The zero-order valence-electron chi connectivity index (χ0n) is 16.6. The molecule has 1 aliphatic heterocycles. The molecule has 1 aromatic carbocycles. The first kappa shape index (κ1) is 19.5. The minimum Gasteiger partial charge on any atom is -0.444 e. The van der Waals surface area contributed by atoms with Crippen LogP contribution in [0.3, 0.4) is 0 Å². The molecule has 0 aliphatic carbocycles. The lowest BCUT2D eigenvalue weighted by Gasteiger charge is -2.24. The Bertz CT molecular complexity index is 1110. The third-order valence-corrected chi connectivity index (χ3v) is 5.15. The predicted molar refractivity (Wildman–Crippen MR) is 112 cm³/mol. The van der Waals surface area contributed by atoms with Gasteiger partial charge in [-0.15, -0.1) is 0 Å². The van der Waals surface area contributed by atoms with E-state index >= 15 is 0 Å². The molecule has 2 aromatic heterocycles. The molecule has 29 heavy (non-hydrogen) atoms. The van der Waals surface area contributed by atoms with Gasteiger partial charge < -0.3 is 9.64 Å². The second-order valence-corrected chi connectivity index (χ2v) is 8.62. The number of nitrogens with zero attached hydrogens (tertiary/aromatic N) is 4. The first-order chi connectivity index (χ1) is 13.7. The number of imidazole rings is 1. The Balaban J connectivity index is 1.72. The topological polar surface area (TPSA) is 69.4 Å². The number of hydrogen-bond donors (Lipinski definition) is 0. The van der Waals surface area contributed by atoms with E-state index in [-0.39, 0.29) is 17.8 Å². The van der Waals surface area contributed by atoms with E-state index < -0.39 is 5.60 Å². The number of pyridine rings is 1. The maximum atomic E-state index is 13.4. The molecule has 1 unspecified atom stereocenters. The van der Waals surface area contributed by atoms with Gasteiger partial charge in [0.1, 0.15) is 5.60 Å². The summed E-state index contributed by atoms with van der Waals surface area (Å²) in [5.41, 5.74) is 1.30. The van der Waals surface area contributed by atoms with Crippen molar-refractivity contribution >= 4 is 28.9 Å². The van der Waals surface area contributed by atoms with Gasteiger partial charge in [0, 0.05) is 24.3 Å². The Kier molecular flexibility index (Phi) is 4.86. The van der Waals surface area contributed by atoms with E-state index in [0.717, 1.165) is 11.2 Å². The number of amides is 1. The maximum Gasteiger partial charge on any atom is 0.410 e. The smallest absolute Gasteiger partial charge is 0.410 e. The Labute approximate surface area is 173 Å². The lowest BCUT2D eigenvalue weighted by molar-refractivity contribution is 0.0289. The molecule has 3 heterocycles. The number of benzene rings is 1. The number of rotatable bonds is 2. The molecule has 1 fully saturated rings. The molecule has 152 valence electrons. The third kappa shape index (κ3) is 3.74. The molecule has 1 saturated heterocycles. The normalized spacial score (nSPS) is 17.1. The molecule has 0 spiro atoms. The number of carbonyl (C=O) groups excluding carboxylic acids is 1. The number of ether oxygens (including phenoxy) is 1. The van der Waals surface area contributed by atoms with Crippen LogP contribution in [-0.4, -0.2) is 43.8 Å². The van der Waals surface area contributed by atoms with Crippen molar-refractivity contribution in [2.45, 2.75) is 38.8 Å². The van der Waals surface area contributed by atoms with E-state index in [2.05, 4.69) is 4.98 Å². The highest BCUT2D eigenvalue weighted by Gasteiger charge is 2.33. The zero-order chi connectivity index (χ0) is 20.8. The number of hydrogen-bond acceptors (Lipinski definition) is 4. The van der Waals surface area contributed by atoms with Crippen molar-refractivity contribution in [1.82, 2.24) is 19.0 Å². The number of carbonyl (C=O) groups is 1. The van der Waals surface area contributed by atoms with Crippen LogP contribution in [0.4, 0.5) is 4.79 Å². The van der Waals surface area contributed by atoms with E-state index in [9.17, 15) is 9.59 Å². The van der Waals surface area contributed by atoms with Crippen molar-refractivity contribution in [3.63, 3.8) is 0 Å². The number of likely N-dealkylation sites (tertiary alicyclic amines) is 1. The predicted octanol–water partition coefficient (Wildman–Crippen LogP) is 4.02. The van der Waals surface area contributed by atoms with Crippen molar-refractivity contribution in [1.29, 1.82) is 0 Å². The van der Waals surface area contributed by atoms with Crippen LogP contribution in [0.5, 0.6) is 0 Å². The van der Waals surface area contributed by atoms with Crippen LogP contribution in [0, 0.1) is 0 Å². The van der Waals surface area contributed by atoms with Gasteiger partial charge in [0.15, 0.2) is 5.65 Å². The van der Waals surface area contributed by atoms with Crippen molar-refractivity contribution in [2.75, 3.05) is 13.1 Å². The summed E-state index contributed by atoms with van der Waals surface area (Å²) in [5.74, 6) is 0. The fraction of sp³-hybridized carbons (Fsp3) is 0.381. The quantitative estimate of drug-likeness (QED) is 0.635. The summed E-state index contributed by atoms with van der Waals surface area (Å²) in [5, 5.41) is 0.604. The molecule has 3 aromatic rings. The summed E-state index contributed by atoms with van der Waals surface area (Å²) in [6, 6.07) is 10.6. The van der Waals surface area contributed by atoms with Crippen LogP contribution >= 0.6 is 11.6 Å². The van der Waals surface area contributed by atoms with E-state index in [0.29, 0.717) is 30.2 Å². The van der Waals surface area contributed by atoms with Gasteiger partial charge in [0.05, 0.1) is 17.2 Å². The highest BCUT2D eigenvalue weighted by Crippen LogP contribution is 2.27. The Hall–Kier alpha value is -2.80. The van der Waals surface area contributed by atoms with Gasteiger partial charge in [-0.3, -0.25) is 9.13 Å². The summed E-state index contributed by atoms with van der Waals surface area (Å²) < 4.78 is 8.80. The highest BCUT2D eigenvalue weighted by atomic mass is 35.5. The summed E-state index contributed by atoms with van der Waals surface area (Å²) in [6.45, 7) is 6.46. The third-order valence-electron chi connectivity index (χ3n) is 4.90. The number of aromatic nitrogens is 3. The molecule has 7 nitrogen and oxygen atoms in total. The minimum absolute atomic E-state index is 0.166. The molecule has 1 amide bonds. The van der Waals surface area contributed by atoms with Gasteiger partial charge in [-0.25, -0.2) is 14.6 Å². The van der Waals surface area contributed by atoms with Crippen molar-refractivity contribution in [3.05, 3.63) is 58.1 Å². The number of fused-ring (bicyclic) bond motifs is 1. The number of halogens is 1. The standard InChI is InChI=1S/C21H23ClN4O3/c1-21(2,3)29-20(28)24-12-10-16(13-24)26-18-17(5-4-11-23-18)25(19(26)27)15-8-6-14(22)7-9-15/h4-9,11,16H,10,12-13H2,1-3H3. The molecule has 0 radical (unpaired) electrons. The van der Waals surface area contributed by atoms with Gasteiger partial charge in [-0.2, -0.15) is 0 Å². The molecule has 0 saturated carbocycles. The first-order valence-electron chi connectivity index (χ1n) is 9.56. The summed E-state index contributed by atoms with van der Waals surface area (Å²) in [7, 11) is 0. The van der Waals surface area contributed by atoms with Crippen molar-refractivity contribution in [2.24, 2.45) is 0 Å². The molecular formula is C21H23ClN4O3. The Morgan fingerprint density at radius 2 is 1.93 bits per heavy atom. The van der Waals surface area contributed by atoms with Gasteiger partial charge in [-0.1, -0.05) is 11.6 Å². The Morgan fingerprint density at radius 3 is 2.62 bits per heavy atom. The molecule has 0 bridgehead atoms. The van der Waals surface area contributed by atoms with Crippen LogP contribution in [-0.2, 0) is 4.74 Å².